The first-order valence-corrected chi connectivity index (χ1v) is 7.55. The standard InChI is InChI=1S/C16H19N5O3/c1-3-24-12-7-5-4-6-11(12)19-13-8-14(17-2)21-15(20-13)10(9-18-21)16(22)23/h4-9,16-17,22-23H,3H2,1-2H3,(H,19,20). The van der Waals surface area contributed by atoms with Crippen LogP contribution in [0.25, 0.3) is 5.65 Å². The lowest BCUT2D eigenvalue weighted by molar-refractivity contribution is -0.0414. The first kappa shape index (κ1) is 16.0. The van der Waals surface area contributed by atoms with Crippen LogP contribution in [0, 0.1) is 0 Å². The van der Waals surface area contributed by atoms with Crippen molar-refractivity contribution in [3.05, 3.63) is 42.1 Å². The van der Waals surface area contributed by atoms with E-state index in [-0.39, 0.29) is 5.56 Å². The second-order valence-corrected chi connectivity index (χ2v) is 5.04. The van der Waals surface area contributed by atoms with Crippen LogP contribution >= 0.6 is 0 Å². The number of aromatic nitrogens is 3. The van der Waals surface area contributed by atoms with E-state index in [1.165, 1.54) is 10.7 Å². The molecule has 1 aromatic carbocycles. The van der Waals surface area contributed by atoms with Crippen molar-refractivity contribution in [2.75, 3.05) is 24.3 Å². The van der Waals surface area contributed by atoms with Crippen LogP contribution in [-0.2, 0) is 0 Å². The van der Waals surface area contributed by atoms with Gasteiger partial charge in [0.2, 0.25) is 0 Å². The number of nitrogens with one attached hydrogen (secondary N) is 2. The Labute approximate surface area is 138 Å². The van der Waals surface area contributed by atoms with Gasteiger partial charge in [-0.3, -0.25) is 0 Å². The number of anilines is 3. The fourth-order valence-corrected chi connectivity index (χ4v) is 2.39. The fourth-order valence-electron chi connectivity index (χ4n) is 2.39. The van der Waals surface area contributed by atoms with Gasteiger partial charge < -0.3 is 25.6 Å². The number of benzene rings is 1. The van der Waals surface area contributed by atoms with E-state index in [0.717, 1.165) is 5.69 Å². The molecule has 2 aromatic heterocycles. The summed E-state index contributed by atoms with van der Waals surface area (Å²) < 4.78 is 7.11. The predicted molar refractivity (Wildman–Crippen MR) is 90.6 cm³/mol. The molecule has 2 heterocycles. The summed E-state index contributed by atoms with van der Waals surface area (Å²) in [5.74, 6) is 1.90. The molecular formula is C16H19N5O3. The van der Waals surface area contributed by atoms with E-state index in [0.29, 0.717) is 29.6 Å². The third kappa shape index (κ3) is 2.97. The lowest BCUT2D eigenvalue weighted by Crippen LogP contribution is -2.06. The van der Waals surface area contributed by atoms with Crippen LogP contribution in [0.1, 0.15) is 18.8 Å². The van der Waals surface area contributed by atoms with Crippen LogP contribution in [-0.4, -0.2) is 38.5 Å². The molecule has 0 atom stereocenters. The Morgan fingerprint density at radius 3 is 2.79 bits per heavy atom. The zero-order valence-electron chi connectivity index (χ0n) is 13.4. The highest BCUT2D eigenvalue weighted by atomic mass is 16.5. The van der Waals surface area contributed by atoms with Crippen molar-refractivity contribution in [2.45, 2.75) is 13.2 Å². The number of nitrogens with zero attached hydrogens (tertiary/aromatic N) is 3. The molecule has 0 fully saturated rings. The van der Waals surface area contributed by atoms with Crippen LogP contribution in [0.15, 0.2) is 36.5 Å². The molecule has 8 heteroatoms. The minimum atomic E-state index is -1.65. The van der Waals surface area contributed by atoms with E-state index < -0.39 is 6.29 Å². The van der Waals surface area contributed by atoms with Gasteiger partial charge in [0.25, 0.3) is 0 Å². The van der Waals surface area contributed by atoms with E-state index in [1.54, 1.807) is 13.1 Å². The monoisotopic (exact) mass is 329 g/mol. The van der Waals surface area contributed by atoms with Crippen LogP contribution in [0.4, 0.5) is 17.3 Å². The predicted octanol–water partition coefficient (Wildman–Crippen LogP) is 1.90. The molecule has 0 aliphatic rings. The molecule has 0 aliphatic heterocycles. The van der Waals surface area contributed by atoms with E-state index in [2.05, 4.69) is 20.7 Å². The van der Waals surface area contributed by atoms with Gasteiger partial charge in [0.15, 0.2) is 11.9 Å². The topological polar surface area (TPSA) is 104 Å². The molecular weight excluding hydrogens is 310 g/mol. The van der Waals surface area contributed by atoms with E-state index in [1.807, 2.05) is 31.2 Å². The van der Waals surface area contributed by atoms with Gasteiger partial charge in [0.05, 0.1) is 24.1 Å². The van der Waals surface area contributed by atoms with Gasteiger partial charge in [-0.05, 0) is 19.1 Å². The third-order valence-corrected chi connectivity index (χ3v) is 3.48. The molecule has 0 bridgehead atoms. The lowest BCUT2D eigenvalue weighted by Gasteiger charge is -2.13. The van der Waals surface area contributed by atoms with Gasteiger partial charge in [-0.2, -0.15) is 9.61 Å². The van der Waals surface area contributed by atoms with Crippen LogP contribution in [0.2, 0.25) is 0 Å². The van der Waals surface area contributed by atoms with Crippen molar-refractivity contribution in [3.63, 3.8) is 0 Å². The number of aliphatic hydroxyl groups is 2. The molecule has 0 saturated carbocycles. The van der Waals surface area contributed by atoms with Crippen LogP contribution in [0.5, 0.6) is 5.75 Å². The first-order chi connectivity index (χ1) is 11.6. The highest BCUT2D eigenvalue weighted by molar-refractivity contribution is 5.68. The van der Waals surface area contributed by atoms with Gasteiger partial charge in [-0.25, -0.2) is 4.98 Å². The summed E-state index contributed by atoms with van der Waals surface area (Å²) in [4.78, 5) is 4.44. The Morgan fingerprint density at radius 2 is 2.08 bits per heavy atom. The molecule has 0 unspecified atom stereocenters. The van der Waals surface area contributed by atoms with Gasteiger partial charge in [-0.15, -0.1) is 0 Å². The quantitative estimate of drug-likeness (QED) is 0.512. The van der Waals surface area contributed by atoms with Gasteiger partial charge in [-0.1, -0.05) is 12.1 Å². The number of ether oxygens (including phenoxy) is 1. The molecule has 0 saturated heterocycles. The molecule has 0 amide bonds. The second-order valence-electron chi connectivity index (χ2n) is 5.04. The summed E-state index contributed by atoms with van der Waals surface area (Å²) in [5, 5.41) is 29.3. The Hall–Kier alpha value is -2.84. The summed E-state index contributed by atoms with van der Waals surface area (Å²) in [6.45, 7) is 2.47. The van der Waals surface area contributed by atoms with Crippen molar-refractivity contribution in [1.29, 1.82) is 0 Å². The second kappa shape index (κ2) is 6.73. The summed E-state index contributed by atoms with van der Waals surface area (Å²) in [6.07, 6.45) is -0.267. The normalized spacial score (nSPS) is 11.0. The maximum absolute atomic E-state index is 9.47. The minimum Gasteiger partial charge on any atom is -0.492 e. The lowest BCUT2D eigenvalue weighted by atomic mass is 10.3. The molecule has 24 heavy (non-hydrogen) atoms. The van der Waals surface area contributed by atoms with Gasteiger partial charge in [0.1, 0.15) is 17.4 Å². The van der Waals surface area contributed by atoms with Crippen LogP contribution in [0.3, 0.4) is 0 Å². The number of para-hydroxylation sites is 2. The van der Waals surface area contributed by atoms with E-state index in [9.17, 15) is 10.2 Å². The maximum atomic E-state index is 9.47. The zero-order chi connectivity index (χ0) is 17.1. The van der Waals surface area contributed by atoms with Gasteiger partial charge in [0, 0.05) is 13.1 Å². The highest BCUT2D eigenvalue weighted by Gasteiger charge is 2.16. The Balaban J connectivity index is 2.05. The van der Waals surface area contributed by atoms with Crippen LogP contribution < -0.4 is 15.4 Å². The molecule has 3 rings (SSSR count). The highest BCUT2D eigenvalue weighted by Crippen LogP contribution is 2.29. The van der Waals surface area contributed by atoms with Crippen molar-refractivity contribution in [2.24, 2.45) is 0 Å². The Bertz CT molecular complexity index is 847. The fraction of sp³-hybridized carbons (Fsp3) is 0.250. The molecule has 0 spiro atoms. The smallest absolute Gasteiger partial charge is 0.183 e. The number of hydrogen-bond acceptors (Lipinski definition) is 7. The maximum Gasteiger partial charge on any atom is 0.183 e. The summed E-state index contributed by atoms with van der Waals surface area (Å²) in [5.41, 5.74) is 1.35. The van der Waals surface area contributed by atoms with Gasteiger partial charge >= 0.3 is 0 Å². The minimum absolute atomic E-state index is 0.230. The van der Waals surface area contributed by atoms with Crippen molar-refractivity contribution in [3.8, 4) is 5.75 Å². The Kier molecular flexibility index (Phi) is 4.50. The molecule has 0 radical (unpaired) electrons. The van der Waals surface area contributed by atoms with Crippen molar-refractivity contribution >= 4 is 23.0 Å². The van der Waals surface area contributed by atoms with E-state index in [4.69, 9.17) is 4.74 Å². The molecule has 8 nitrogen and oxygen atoms in total. The largest absolute Gasteiger partial charge is 0.492 e. The molecule has 3 aromatic rings. The summed E-state index contributed by atoms with van der Waals surface area (Å²) >= 11 is 0. The third-order valence-electron chi connectivity index (χ3n) is 3.48. The average Bonchev–Trinajstić information content (AvgIpc) is 3.00. The number of rotatable bonds is 6. The summed E-state index contributed by atoms with van der Waals surface area (Å²) in [7, 11) is 1.75. The average molecular weight is 329 g/mol. The van der Waals surface area contributed by atoms with Crippen molar-refractivity contribution in [1.82, 2.24) is 14.6 Å². The van der Waals surface area contributed by atoms with Crippen molar-refractivity contribution < 1.29 is 14.9 Å². The number of fused-ring (bicyclic) bond motifs is 1. The van der Waals surface area contributed by atoms with E-state index >= 15 is 0 Å². The SMILES string of the molecule is CCOc1ccccc1Nc1cc(NC)n2ncc(C(O)O)c2n1. The molecule has 4 N–H and O–H groups in total. The zero-order valence-corrected chi connectivity index (χ0v) is 13.4. The summed E-state index contributed by atoms with van der Waals surface area (Å²) in [6, 6.07) is 9.31. The first-order valence-electron chi connectivity index (χ1n) is 7.55. The number of hydrogen-bond donors (Lipinski definition) is 4. The molecule has 126 valence electrons. The number of aliphatic hydroxyl groups excluding tert-OH is 1. The Morgan fingerprint density at radius 1 is 1.29 bits per heavy atom. The molecule has 0 aliphatic carbocycles.